The molecule has 27 heavy (non-hydrogen) atoms. The number of halogens is 4. The van der Waals surface area contributed by atoms with Gasteiger partial charge < -0.3 is 4.55 Å². The molecule has 0 amide bonds. The molecule has 2 aromatic carbocycles. The predicted octanol–water partition coefficient (Wildman–Crippen LogP) is 1.77. The van der Waals surface area contributed by atoms with Gasteiger partial charge in [0.25, 0.3) is 0 Å². The topological polar surface area (TPSA) is 57.2 Å². The molecule has 0 radical (unpaired) electrons. The Hall–Kier alpha value is -1.13. The zero-order chi connectivity index (χ0) is 20.5. The van der Waals surface area contributed by atoms with Gasteiger partial charge in [-0.3, -0.25) is 0 Å². The lowest BCUT2D eigenvalue weighted by molar-refractivity contribution is -0.597. The molecule has 0 unspecified atom stereocenters. The molecule has 0 atom stereocenters. The SMILES string of the molecule is CCCc1ccc([I+]c2ccc(CCC)cc2)cc1.O=S(=O)([O-])C(F)(F)F. The van der Waals surface area contributed by atoms with Crippen LogP contribution in [-0.2, 0) is 23.0 Å². The van der Waals surface area contributed by atoms with Crippen molar-refractivity contribution in [3.05, 3.63) is 66.8 Å². The maximum Gasteiger partial charge on any atom is 0.485 e. The molecule has 0 aliphatic heterocycles. The molecule has 0 aliphatic rings. The van der Waals surface area contributed by atoms with Crippen molar-refractivity contribution in [2.75, 3.05) is 0 Å². The molecular formula is C19H22F3IO3S. The van der Waals surface area contributed by atoms with E-state index in [-0.39, 0.29) is 21.2 Å². The van der Waals surface area contributed by atoms with Crippen LogP contribution in [0.4, 0.5) is 13.2 Å². The molecule has 0 fully saturated rings. The maximum absolute atomic E-state index is 10.7. The predicted molar refractivity (Wildman–Crippen MR) is 94.0 cm³/mol. The van der Waals surface area contributed by atoms with Gasteiger partial charge in [0.05, 0.1) is 0 Å². The van der Waals surface area contributed by atoms with Gasteiger partial charge in [-0.1, -0.05) is 51.0 Å². The molecule has 0 aliphatic carbocycles. The first kappa shape index (κ1) is 23.9. The third-order valence-electron chi connectivity index (χ3n) is 3.41. The molecule has 150 valence electrons. The van der Waals surface area contributed by atoms with Crippen molar-refractivity contribution in [1.29, 1.82) is 0 Å². The van der Waals surface area contributed by atoms with Crippen molar-refractivity contribution in [1.82, 2.24) is 0 Å². The average Bonchev–Trinajstić information content (AvgIpc) is 2.58. The summed E-state index contributed by atoms with van der Waals surface area (Å²) in [6.45, 7) is 4.47. The summed E-state index contributed by atoms with van der Waals surface area (Å²) in [6.07, 6.45) is 4.86. The minimum atomic E-state index is -6.09. The van der Waals surface area contributed by atoms with E-state index >= 15 is 0 Å². The van der Waals surface area contributed by atoms with Crippen LogP contribution >= 0.6 is 0 Å². The summed E-state index contributed by atoms with van der Waals surface area (Å²) in [5.74, 6) is 0. The first-order chi connectivity index (χ1) is 12.6. The molecule has 0 aromatic heterocycles. The lowest BCUT2D eigenvalue weighted by Crippen LogP contribution is -3.61. The third-order valence-corrected chi connectivity index (χ3v) is 6.66. The number of rotatable bonds is 6. The molecule has 8 heteroatoms. The van der Waals surface area contributed by atoms with Crippen LogP contribution in [0, 0.1) is 7.14 Å². The van der Waals surface area contributed by atoms with Crippen LogP contribution in [-0.4, -0.2) is 18.5 Å². The highest BCUT2D eigenvalue weighted by Gasteiger charge is 2.36. The molecular weight excluding hydrogens is 492 g/mol. The molecule has 0 spiro atoms. The summed E-state index contributed by atoms with van der Waals surface area (Å²) in [6, 6.07) is 18.5. The highest BCUT2D eigenvalue weighted by Crippen LogP contribution is 2.20. The van der Waals surface area contributed by atoms with Crippen molar-refractivity contribution in [2.45, 2.75) is 45.0 Å². The third kappa shape index (κ3) is 9.07. The molecule has 2 rings (SSSR count). The lowest BCUT2D eigenvalue weighted by atomic mass is 10.1. The molecule has 0 N–H and O–H groups in total. The zero-order valence-corrected chi connectivity index (χ0v) is 18.1. The standard InChI is InChI=1S/C18H22I.CHF3O3S/c1-3-5-15-7-11-17(12-8-15)19-18-13-9-16(6-4-2)10-14-18;2-1(3,4)8(5,6)7/h7-14H,3-6H2,1-2H3;(H,5,6,7)/q+1;/p-1. The van der Waals surface area contributed by atoms with Crippen LogP contribution in [0.15, 0.2) is 48.5 Å². The fraction of sp³-hybridized carbons (Fsp3) is 0.368. The van der Waals surface area contributed by atoms with Crippen molar-refractivity contribution < 1.29 is 47.3 Å². The van der Waals surface area contributed by atoms with E-state index in [4.69, 9.17) is 13.0 Å². The summed E-state index contributed by atoms with van der Waals surface area (Å²) in [5, 5.41) is 0. The summed E-state index contributed by atoms with van der Waals surface area (Å²) >= 11 is -0.0164. The van der Waals surface area contributed by atoms with Crippen molar-refractivity contribution in [2.24, 2.45) is 0 Å². The van der Waals surface area contributed by atoms with Crippen LogP contribution in [0.5, 0.6) is 0 Å². The Morgan fingerprint density at radius 1 is 0.815 bits per heavy atom. The highest BCUT2D eigenvalue weighted by molar-refractivity contribution is 7.86. The molecule has 2 aromatic rings. The second kappa shape index (κ2) is 11.0. The lowest BCUT2D eigenvalue weighted by Gasteiger charge is -2.08. The Kier molecular flexibility index (Phi) is 9.75. The summed E-state index contributed by atoms with van der Waals surface area (Å²) < 4.78 is 61.9. The first-order valence-corrected chi connectivity index (χ1v) is 12.0. The Bertz CT molecular complexity index is 739. The van der Waals surface area contributed by atoms with Crippen molar-refractivity contribution in [3.63, 3.8) is 0 Å². The molecule has 0 saturated carbocycles. The fourth-order valence-corrected chi connectivity index (χ4v) is 4.29. The van der Waals surface area contributed by atoms with Crippen molar-refractivity contribution >= 4 is 10.1 Å². The van der Waals surface area contributed by atoms with E-state index in [1.165, 1.54) is 44.0 Å². The van der Waals surface area contributed by atoms with Gasteiger partial charge in [-0.05, 0) is 48.2 Å². The molecule has 0 saturated heterocycles. The molecule has 0 bridgehead atoms. The van der Waals surface area contributed by atoms with Gasteiger partial charge in [-0.15, -0.1) is 0 Å². The van der Waals surface area contributed by atoms with E-state index in [0.29, 0.717) is 0 Å². The van der Waals surface area contributed by atoms with E-state index in [1.807, 2.05) is 0 Å². The Labute approximate surface area is 169 Å². The van der Waals surface area contributed by atoms with Crippen LogP contribution < -0.4 is 21.2 Å². The van der Waals surface area contributed by atoms with Gasteiger partial charge in [0.2, 0.25) is 0 Å². The number of alkyl halides is 3. The minimum absolute atomic E-state index is 0.0164. The number of hydrogen-bond donors (Lipinski definition) is 0. The number of aryl methyl sites for hydroxylation is 2. The second-order valence-corrected chi connectivity index (χ2v) is 10.1. The van der Waals surface area contributed by atoms with Gasteiger partial charge >= 0.3 is 26.7 Å². The van der Waals surface area contributed by atoms with Gasteiger partial charge in [-0.2, -0.15) is 13.2 Å². The van der Waals surface area contributed by atoms with E-state index in [1.54, 1.807) is 0 Å². The van der Waals surface area contributed by atoms with Gasteiger partial charge in [0.1, 0.15) is 0 Å². The first-order valence-electron chi connectivity index (χ1n) is 8.41. The zero-order valence-electron chi connectivity index (χ0n) is 15.1. The second-order valence-electron chi connectivity index (χ2n) is 5.75. The smallest absolute Gasteiger partial charge is 0.485 e. The maximum atomic E-state index is 10.7. The van der Waals surface area contributed by atoms with Gasteiger partial charge in [-0.25, -0.2) is 8.42 Å². The Morgan fingerprint density at radius 2 is 1.11 bits per heavy atom. The minimum Gasteiger partial charge on any atom is -0.741 e. The molecule has 3 nitrogen and oxygen atoms in total. The Balaban J connectivity index is 0.000000387. The van der Waals surface area contributed by atoms with Crippen LogP contribution in [0.25, 0.3) is 0 Å². The normalized spacial score (nSPS) is 11.6. The summed E-state index contributed by atoms with van der Waals surface area (Å²) in [7, 11) is -6.09. The quantitative estimate of drug-likeness (QED) is 0.336. The Morgan fingerprint density at radius 3 is 1.33 bits per heavy atom. The van der Waals surface area contributed by atoms with Crippen LogP contribution in [0.3, 0.4) is 0 Å². The number of benzene rings is 2. The van der Waals surface area contributed by atoms with E-state index in [0.717, 1.165) is 0 Å². The highest BCUT2D eigenvalue weighted by atomic mass is 127. The monoisotopic (exact) mass is 514 g/mol. The fourth-order valence-electron chi connectivity index (χ4n) is 2.13. The molecule has 0 heterocycles. The largest absolute Gasteiger partial charge is 0.741 e. The van der Waals surface area contributed by atoms with Gasteiger partial charge in [0.15, 0.2) is 17.3 Å². The average molecular weight is 514 g/mol. The summed E-state index contributed by atoms with van der Waals surface area (Å²) in [5.41, 5.74) is -2.71. The van der Waals surface area contributed by atoms with Crippen LogP contribution in [0.2, 0.25) is 0 Å². The van der Waals surface area contributed by atoms with Gasteiger partial charge in [0, 0.05) is 0 Å². The van der Waals surface area contributed by atoms with E-state index in [2.05, 4.69) is 62.4 Å². The number of hydrogen-bond acceptors (Lipinski definition) is 3. The summed E-state index contributed by atoms with van der Waals surface area (Å²) in [4.78, 5) is 0. The van der Waals surface area contributed by atoms with Crippen LogP contribution in [0.1, 0.15) is 37.8 Å². The van der Waals surface area contributed by atoms with E-state index < -0.39 is 15.6 Å². The van der Waals surface area contributed by atoms with Crippen molar-refractivity contribution in [3.8, 4) is 0 Å². The van der Waals surface area contributed by atoms with E-state index in [9.17, 15) is 13.2 Å².